The standard InChI is InChI=1S/C15H13BrFNO3/c1-21-15-7-4-11(9-14(15)17)13(16)8-10-2-5-12(6-3-10)18(19)20/h2-7,9,13H,8H2,1H3. The number of hydrogen-bond donors (Lipinski definition) is 0. The minimum atomic E-state index is -0.436. The molecule has 0 fully saturated rings. The van der Waals surface area contributed by atoms with Gasteiger partial charge in [0.1, 0.15) is 0 Å². The Bertz CT molecular complexity index is 646. The molecule has 0 N–H and O–H groups in total. The summed E-state index contributed by atoms with van der Waals surface area (Å²) in [7, 11) is 1.42. The number of nitrogens with zero attached hydrogens (tertiary/aromatic N) is 1. The van der Waals surface area contributed by atoms with Gasteiger partial charge in [-0.25, -0.2) is 4.39 Å². The molecule has 0 radical (unpaired) electrons. The van der Waals surface area contributed by atoms with Crippen LogP contribution in [0, 0.1) is 15.9 Å². The van der Waals surface area contributed by atoms with E-state index in [1.165, 1.54) is 25.3 Å². The van der Waals surface area contributed by atoms with Gasteiger partial charge < -0.3 is 4.74 Å². The van der Waals surface area contributed by atoms with Gasteiger partial charge in [0, 0.05) is 17.0 Å². The van der Waals surface area contributed by atoms with Crippen LogP contribution < -0.4 is 4.74 Å². The van der Waals surface area contributed by atoms with Crippen molar-refractivity contribution < 1.29 is 14.1 Å². The second kappa shape index (κ2) is 6.67. The van der Waals surface area contributed by atoms with Crippen LogP contribution in [0.5, 0.6) is 5.75 Å². The first-order valence-corrected chi connectivity index (χ1v) is 7.13. The number of nitro groups is 1. The van der Waals surface area contributed by atoms with Gasteiger partial charge in [-0.05, 0) is 29.7 Å². The number of alkyl halides is 1. The fourth-order valence-electron chi connectivity index (χ4n) is 1.96. The maximum atomic E-state index is 13.7. The third-order valence-electron chi connectivity index (χ3n) is 3.10. The smallest absolute Gasteiger partial charge is 0.269 e. The predicted octanol–water partition coefficient (Wildman–Crippen LogP) is 4.42. The van der Waals surface area contributed by atoms with E-state index in [0.717, 1.165) is 11.1 Å². The fourth-order valence-corrected chi connectivity index (χ4v) is 2.61. The molecule has 0 aromatic heterocycles. The summed E-state index contributed by atoms with van der Waals surface area (Å²) >= 11 is 3.51. The third kappa shape index (κ3) is 3.78. The normalized spacial score (nSPS) is 12.0. The van der Waals surface area contributed by atoms with Crippen LogP contribution in [0.1, 0.15) is 16.0 Å². The molecule has 0 amide bonds. The summed E-state index contributed by atoms with van der Waals surface area (Å²) in [5.41, 5.74) is 1.77. The van der Waals surface area contributed by atoms with Crippen molar-refractivity contribution in [3.8, 4) is 5.75 Å². The van der Waals surface area contributed by atoms with Gasteiger partial charge in [0.05, 0.1) is 12.0 Å². The van der Waals surface area contributed by atoms with Crippen molar-refractivity contribution in [2.45, 2.75) is 11.2 Å². The van der Waals surface area contributed by atoms with E-state index in [4.69, 9.17) is 4.74 Å². The molecule has 0 aliphatic heterocycles. The Morgan fingerprint density at radius 1 is 1.29 bits per heavy atom. The van der Waals surface area contributed by atoms with E-state index in [2.05, 4.69) is 15.9 Å². The molecule has 0 heterocycles. The second-order valence-electron chi connectivity index (χ2n) is 4.49. The lowest BCUT2D eigenvalue weighted by Crippen LogP contribution is -1.98. The van der Waals surface area contributed by atoms with Gasteiger partial charge >= 0.3 is 0 Å². The quantitative estimate of drug-likeness (QED) is 0.454. The molecule has 110 valence electrons. The SMILES string of the molecule is COc1ccc(C(Br)Cc2ccc([N+](=O)[O-])cc2)cc1F. The average molecular weight is 354 g/mol. The van der Waals surface area contributed by atoms with E-state index < -0.39 is 10.7 Å². The number of benzene rings is 2. The van der Waals surface area contributed by atoms with Gasteiger partial charge in [-0.2, -0.15) is 0 Å². The van der Waals surface area contributed by atoms with Gasteiger partial charge in [-0.1, -0.05) is 34.1 Å². The van der Waals surface area contributed by atoms with E-state index in [-0.39, 0.29) is 16.3 Å². The minimum Gasteiger partial charge on any atom is -0.494 e. The molecule has 0 spiro atoms. The van der Waals surface area contributed by atoms with Gasteiger partial charge in [0.15, 0.2) is 11.6 Å². The van der Waals surface area contributed by atoms with E-state index >= 15 is 0 Å². The number of methoxy groups -OCH3 is 1. The van der Waals surface area contributed by atoms with Crippen molar-refractivity contribution >= 4 is 21.6 Å². The molecule has 1 atom stereocenters. The Hall–Kier alpha value is -1.95. The molecule has 0 saturated heterocycles. The summed E-state index contributed by atoms with van der Waals surface area (Å²) in [5, 5.41) is 10.6. The Labute approximate surface area is 129 Å². The van der Waals surface area contributed by atoms with Crippen molar-refractivity contribution in [1.82, 2.24) is 0 Å². The fraction of sp³-hybridized carbons (Fsp3) is 0.200. The number of ether oxygens (including phenoxy) is 1. The molecule has 6 heteroatoms. The molecule has 0 aliphatic carbocycles. The molecule has 2 rings (SSSR count). The molecule has 0 aliphatic rings. The van der Waals surface area contributed by atoms with Crippen molar-refractivity contribution in [2.24, 2.45) is 0 Å². The van der Waals surface area contributed by atoms with Gasteiger partial charge in [0.2, 0.25) is 0 Å². The lowest BCUT2D eigenvalue weighted by molar-refractivity contribution is -0.384. The van der Waals surface area contributed by atoms with E-state index in [0.29, 0.717) is 6.42 Å². The van der Waals surface area contributed by atoms with Crippen LogP contribution in [0.2, 0.25) is 0 Å². The molecule has 1 unspecified atom stereocenters. The maximum absolute atomic E-state index is 13.7. The highest BCUT2D eigenvalue weighted by atomic mass is 79.9. The van der Waals surface area contributed by atoms with Crippen molar-refractivity contribution in [3.63, 3.8) is 0 Å². The summed E-state index contributed by atoms with van der Waals surface area (Å²) in [6, 6.07) is 11.1. The van der Waals surface area contributed by atoms with Crippen molar-refractivity contribution in [3.05, 3.63) is 69.5 Å². The first-order chi connectivity index (χ1) is 10.0. The Morgan fingerprint density at radius 2 is 1.95 bits per heavy atom. The molecule has 2 aromatic rings. The third-order valence-corrected chi connectivity index (χ3v) is 3.95. The minimum absolute atomic E-state index is 0.0559. The van der Waals surface area contributed by atoms with Gasteiger partial charge in [-0.3, -0.25) is 10.1 Å². The van der Waals surface area contributed by atoms with Crippen LogP contribution in [0.3, 0.4) is 0 Å². The van der Waals surface area contributed by atoms with E-state index in [9.17, 15) is 14.5 Å². The number of nitro benzene ring substituents is 1. The van der Waals surface area contributed by atoms with Crippen molar-refractivity contribution in [1.29, 1.82) is 0 Å². The number of rotatable bonds is 5. The largest absolute Gasteiger partial charge is 0.494 e. The van der Waals surface area contributed by atoms with Crippen molar-refractivity contribution in [2.75, 3.05) is 7.11 Å². The monoisotopic (exact) mass is 353 g/mol. The molecule has 4 nitrogen and oxygen atoms in total. The molecule has 0 saturated carbocycles. The summed E-state index contributed by atoms with van der Waals surface area (Å²) in [6.07, 6.45) is 0.601. The Balaban J connectivity index is 2.12. The number of hydrogen-bond acceptors (Lipinski definition) is 3. The average Bonchev–Trinajstić information content (AvgIpc) is 2.47. The molecule has 21 heavy (non-hydrogen) atoms. The number of non-ortho nitro benzene ring substituents is 1. The summed E-state index contributed by atoms with van der Waals surface area (Å²) in [6.45, 7) is 0. The molecule has 2 aromatic carbocycles. The first-order valence-electron chi connectivity index (χ1n) is 6.22. The van der Waals surface area contributed by atoms with Gasteiger partial charge in [-0.15, -0.1) is 0 Å². The van der Waals surface area contributed by atoms with Crippen LogP contribution >= 0.6 is 15.9 Å². The number of halogens is 2. The topological polar surface area (TPSA) is 52.4 Å². The van der Waals surface area contributed by atoms with Crippen LogP contribution in [0.15, 0.2) is 42.5 Å². The van der Waals surface area contributed by atoms with Gasteiger partial charge in [0.25, 0.3) is 5.69 Å². The Morgan fingerprint density at radius 3 is 2.48 bits per heavy atom. The Kier molecular flexibility index (Phi) is 4.90. The van der Waals surface area contributed by atoms with Crippen LogP contribution in [-0.4, -0.2) is 12.0 Å². The van der Waals surface area contributed by atoms with E-state index in [1.807, 2.05) is 0 Å². The second-order valence-corrected chi connectivity index (χ2v) is 5.59. The molecular weight excluding hydrogens is 341 g/mol. The highest BCUT2D eigenvalue weighted by Crippen LogP contribution is 2.30. The predicted molar refractivity (Wildman–Crippen MR) is 81.4 cm³/mol. The first kappa shape index (κ1) is 15.4. The van der Waals surface area contributed by atoms with Crippen LogP contribution in [-0.2, 0) is 6.42 Å². The summed E-state index contributed by atoms with van der Waals surface area (Å²) in [4.78, 5) is 10.1. The maximum Gasteiger partial charge on any atom is 0.269 e. The van der Waals surface area contributed by atoms with E-state index in [1.54, 1.807) is 24.3 Å². The summed E-state index contributed by atoms with van der Waals surface area (Å²) in [5.74, 6) is -0.211. The zero-order valence-corrected chi connectivity index (χ0v) is 12.8. The summed E-state index contributed by atoms with van der Waals surface area (Å²) < 4.78 is 18.5. The highest BCUT2D eigenvalue weighted by Gasteiger charge is 2.13. The zero-order valence-electron chi connectivity index (χ0n) is 11.3. The van der Waals surface area contributed by atoms with Crippen LogP contribution in [0.4, 0.5) is 10.1 Å². The molecule has 0 bridgehead atoms. The highest BCUT2D eigenvalue weighted by molar-refractivity contribution is 9.09. The lowest BCUT2D eigenvalue weighted by atomic mass is 10.0. The molecular formula is C15H13BrFNO3. The lowest BCUT2D eigenvalue weighted by Gasteiger charge is -2.11. The zero-order chi connectivity index (χ0) is 15.4. The van der Waals surface area contributed by atoms with Crippen LogP contribution in [0.25, 0.3) is 0 Å².